The van der Waals surface area contributed by atoms with Gasteiger partial charge in [0.25, 0.3) is 11.5 Å². The molecule has 1 aromatic carbocycles. The lowest BCUT2D eigenvalue weighted by atomic mass is 10.2. The molecule has 4 rings (SSSR count). The number of rotatable bonds is 5. The first-order valence-electron chi connectivity index (χ1n) is 7.89. The topological polar surface area (TPSA) is 71.2 Å². The molecule has 0 atom stereocenters. The average molecular weight is 382 g/mol. The second-order valence-electron chi connectivity index (χ2n) is 5.53. The highest BCUT2D eigenvalue weighted by Crippen LogP contribution is 2.29. The number of amides is 1. The molecule has 0 spiro atoms. The molecule has 1 amide bonds. The van der Waals surface area contributed by atoms with Crippen LogP contribution in [0.2, 0.25) is 0 Å². The molecule has 0 radical (unpaired) electrons. The van der Waals surface area contributed by atoms with Crippen LogP contribution < -0.4 is 15.6 Å². The zero-order valence-corrected chi connectivity index (χ0v) is 15.2. The van der Waals surface area contributed by atoms with E-state index in [0.29, 0.717) is 6.54 Å². The Morgan fingerprint density at radius 2 is 1.96 bits per heavy atom. The zero-order chi connectivity index (χ0) is 17.9. The van der Waals surface area contributed by atoms with Crippen LogP contribution in [0, 0.1) is 0 Å². The van der Waals surface area contributed by atoms with Crippen LogP contribution >= 0.6 is 22.7 Å². The molecule has 0 aliphatic heterocycles. The van der Waals surface area contributed by atoms with E-state index >= 15 is 0 Å². The lowest BCUT2D eigenvalue weighted by Gasteiger charge is -2.04. The maximum Gasteiger partial charge on any atom is 0.261 e. The molecule has 0 fully saturated rings. The van der Waals surface area contributed by atoms with E-state index < -0.39 is 0 Å². The molecule has 0 aliphatic rings. The third-order valence-corrected chi connectivity index (χ3v) is 5.56. The number of pyridine rings is 1. The predicted molar refractivity (Wildman–Crippen MR) is 104 cm³/mol. The Kier molecular flexibility index (Phi) is 4.55. The van der Waals surface area contributed by atoms with Crippen LogP contribution in [0.25, 0.3) is 10.2 Å². The summed E-state index contributed by atoms with van der Waals surface area (Å²) < 4.78 is 6.64. The number of aromatic amines is 1. The number of H-pyrrole nitrogens is 1. The molecule has 3 aromatic heterocycles. The van der Waals surface area contributed by atoms with E-state index in [4.69, 9.17) is 4.74 Å². The molecule has 7 heteroatoms. The first-order valence-corrected chi connectivity index (χ1v) is 9.59. The third-order valence-electron chi connectivity index (χ3n) is 3.73. The number of carbonyl (C=O) groups is 1. The standard InChI is InChI=1S/C19H14N2O3S2/c22-18(14-10-16-15(8-9-25-16)21-19(14)23)20-11-13-6-7-17(26-13)24-12-4-2-1-3-5-12/h1-10H,11H2,(H,20,22)(H,21,23). The Balaban J connectivity index is 1.43. The van der Waals surface area contributed by atoms with E-state index in [9.17, 15) is 9.59 Å². The van der Waals surface area contributed by atoms with E-state index in [1.165, 1.54) is 22.7 Å². The van der Waals surface area contributed by atoms with Gasteiger partial charge in [0.05, 0.1) is 16.8 Å². The molecule has 26 heavy (non-hydrogen) atoms. The highest BCUT2D eigenvalue weighted by molar-refractivity contribution is 7.17. The maximum atomic E-state index is 12.3. The molecule has 0 aliphatic carbocycles. The molecule has 4 aromatic rings. The minimum absolute atomic E-state index is 0.122. The number of fused-ring (bicyclic) bond motifs is 1. The lowest BCUT2D eigenvalue weighted by Crippen LogP contribution is -2.28. The number of aromatic nitrogens is 1. The van der Waals surface area contributed by atoms with Crippen molar-refractivity contribution in [2.45, 2.75) is 6.54 Å². The summed E-state index contributed by atoms with van der Waals surface area (Å²) in [6.07, 6.45) is 0. The van der Waals surface area contributed by atoms with Gasteiger partial charge in [0.15, 0.2) is 5.06 Å². The summed E-state index contributed by atoms with van der Waals surface area (Å²) in [5.74, 6) is 0.376. The van der Waals surface area contributed by atoms with E-state index in [1.807, 2.05) is 53.9 Å². The third kappa shape index (κ3) is 3.54. The molecular formula is C19H14N2O3S2. The van der Waals surface area contributed by atoms with Gasteiger partial charge in [-0.1, -0.05) is 18.2 Å². The van der Waals surface area contributed by atoms with Gasteiger partial charge in [0.2, 0.25) is 0 Å². The summed E-state index contributed by atoms with van der Waals surface area (Å²) in [6.45, 7) is 0.337. The van der Waals surface area contributed by atoms with Crippen molar-refractivity contribution in [2.75, 3.05) is 0 Å². The number of para-hydroxylation sites is 1. The molecule has 5 nitrogen and oxygen atoms in total. The van der Waals surface area contributed by atoms with E-state index in [1.54, 1.807) is 6.07 Å². The summed E-state index contributed by atoms with van der Waals surface area (Å²) in [6, 6.07) is 16.7. The van der Waals surface area contributed by atoms with Gasteiger partial charge in [-0.25, -0.2) is 0 Å². The van der Waals surface area contributed by atoms with Crippen LogP contribution in [0.1, 0.15) is 15.2 Å². The Morgan fingerprint density at radius 3 is 2.81 bits per heavy atom. The fraction of sp³-hybridized carbons (Fsp3) is 0.0526. The lowest BCUT2D eigenvalue weighted by molar-refractivity contribution is 0.0950. The van der Waals surface area contributed by atoms with Gasteiger partial charge in [0, 0.05) is 4.88 Å². The number of benzene rings is 1. The SMILES string of the molecule is O=C(NCc1ccc(Oc2ccccc2)s1)c1cc2sccc2[nH]c1=O. The first-order chi connectivity index (χ1) is 12.7. The number of hydrogen-bond donors (Lipinski definition) is 2. The van der Waals surface area contributed by atoms with Gasteiger partial charge in [-0.05, 0) is 41.8 Å². The summed E-state index contributed by atoms with van der Waals surface area (Å²) in [5, 5.41) is 5.42. The van der Waals surface area contributed by atoms with Gasteiger partial charge in [-0.3, -0.25) is 9.59 Å². The number of carbonyl (C=O) groups excluding carboxylic acids is 1. The van der Waals surface area contributed by atoms with Crippen LogP contribution in [-0.4, -0.2) is 10.9 Å². The minimum Gasteiger partial charge on any atom is -0.447 e. The van der Waals surface area contributed by atoms with Crippen molar-refractivity contribution in [1.82, 2.24) is 10.3 Å². The maximum absolute atomic E-state index is 12.3. The second kappa shape index (κ2) is 7.15. The van der Waals surface area contributed by atoms with Crippen molar-refractivity contribution in [3.63, 3.8) is 0 Å². The van der Waals surface area contributed by atoms with Crippen molar-refractivity contribution < 1.29 is 9.53 Å². The molecule has 130 valence electrons. The van der Waals surface area contributed by atoms with Crippen LogP contribution in [0.15, 0.2) is 64.8 Å². The summed E-state index contributed by atoms with van der Waals surface area (Å²) >= 11 is 2.93. The highest BCUT2D eigenvalue weighted by Gasteiger charge is 2.13. The first kappa shape index (κ1) is 16.6. The average Bonchev–Trinajstić information content (AvgIpc) is 3.28. The van der Waals surface area contributed by atoms with Crippen molar-refractivity contribution in [2.24, 2.45) is 0 Å². The van der Waals surface area contributed by atoms with E-state index in [-0.39, 0.29) is 17.0 Å². The minimum atomic E-state index is -0.388. The Labute approximate surface area is 156 Å². The largest absolute Gasteiger partial charge is 0.447 e. The Bertz CT molecular complexity index is 1110. The van der Waals surface area contributed by atoms with E-state index in [0.717, 1.165) is 25.9 Å². The Morgan fingerprint density at radius 1 is 1.12 bits per heavy atom. The van der Waals surface area contributed by atoms with Crippen molar-refractivity contribution in [3.05, 3.63) is 80.8 Å². The smallest absolute Gasteiger partial charge is 0.261 e. The molecular weight excluding hydrogens is 368 g/mol. The highest BCUT2D eigenvalue weighted by atomic mass is 32.1. The molecule has 0 unspecified atom stereocenters. The summed E-state index contributed by atoms with van der Waals surface area (Å²) in [5.41, 5.74) is 0.488. The summed E-state index contributed by atoms with van der Waals surface area (Å²) in [4.78, 5) is 28.1. The molecule has 2 N–H and O–H groups in total. The van der Waals surface area contributed by atoms with Gasteiger partial charge in [-0.2, -0.15) is 0 Å². The van der Waals surface area contributed by atoms with Gasteiger partial charge in [-0.15, -0.1) is 22.7 Å². The van der Waals surface area contributed by atoms with Crippen LogP contribution in [0.3, 0.4) is 0 Å². The van der Waals surface area contributed by atoms with Crippen molar-refractivity contribution >= 4 is 38.8 Å². The zero-order valence-electron chi connectivity index (χ0n) is 13.5. The van der Waals surface area contributed by atoms with Crippen molar-refractivity contribution in [1.29, 1.82) is 0 Å². The second-order valence-corrected chi connectivity index (χ2v) is 7.61. The fourth-order valence-electron chi connectivity index (χ4n) is 2.47. The molecule has 3 heterocycles. The number of ether oxygens (including phenoxy) is 1. The monoisotopic (exact) mass is 382 g/mol. The summed E-state index contributed by atoms with van der Waals surface area (Å²) in [7, 11) is 0. The van der Waals surface area contributed by atoms with Gasteiger partial charge < -0.3 is 15.0 Å². The van der Waals surface area contributed by atoms with Crippen LogP contribution in [0.5, 0.6) is 10.8 Å². The van der Waals surface area contributed by atoms with Crippen LogP contribution in [0.4, 0.5) is 0 Å². The number of thiophene rings is 2. The molecule has 0 bridgehead atoms. The fourth-order valence-corrected chi connectivity index (χ4v) is 4.06. The van der Waals surface area contributed by atoms with E-state index in [2.05, 4.69) is 10.3 Å². The van der Waals surface area contributed by atoms with Crippen LogP contribution in [-0.2, 0) is 6.54 Å². The van der Waals surface area contributed by atoms with Gasteiger partial charge in [0.1, 0.15) is 11.3 Å². The Hall–Kier alpha value is -2.90. The molecule has 0 saturated carbocycles. The number of nitrogens with one attached hydrogen (secondary N) is 2. The van der Waals surface area contributed by atoms with Crippen molar-refractivity contribution in [3.8, 4) is 10.8 Å². The predicted octanol–water partition coefficient (Wildman–Crippen LogP) is 4.37. The van der Waals surface area contributed by atoms with Gasteiger partial charge >= 0.3 is 0 Å². The quantitative estimate of drug-likeness (QED) is 0.538. The normalized spacial score (nSPS) is 10.8. The molecule has 0 saturated heterocycles. The number of hydrogen-bond acceptors (Lipinski definition) is 5.